The van der Waals surface area contributed by atoms with Gasteiger partial charge in [-0.3, -0.25) is 9.59 Å². The van der Waals surface area contributed by atoms with Gasteiger partial charge in [0.25, 0.3) is 5.91 Å². The first-order chi connectivity index (χ1) is 14.3. The van der Waals surface area contributed by atoms with Crippen molar-refractivity contribution in [2.75, 3.05) is 17.2 Å². The Labute approximate surface area is 171 Å². The van der Waals surface area contributed by atoms with Gasteiger partial charge in [-0.25, -0.2) is 0 Å². The second-order valence-electron chi connectivity index (χ2n) is 7.85. The number of furan rings is 1. The van der Waals surface area contributed by atoms with Crippen molar-refractivity contribution in [3.63, 3.8) is 0 Å². The summed E-state index contributed by atoms with van der Waals surface area (Å²) in [4.78, 5) is 24.3. The van der Waals surface area contributed by atoms with Gasteiger partial charge in [0.1, 0.15) is 6.26 Å². The highest BCUT2D eigenvalue weighted by Crippen LogP contribution is 2.44. The van der Waals surface area contributed by atoms with Crippen molar-refractivity contribution in [1.82, 2.24) is 5.32 Å². The zero-order chi connectivity index (χ0) is 21.3. The van der Waals surface area contributed by atoms with Crippen LogP contribution in [0.25, 0.3) is 0 Å². The maximum absolute atomic E-state index is 13.5. The fourth-order valence-corrected chi connectivity index (χ4v) is 3.55. The van der Waals surface area contributed by atoms with E-state index in [2.05, 4.69) is 16.0 Å². The maximum atomic E-state index is 13.5. The Kier molecular flexibility index (Phi) is 5.44. The number of benzene rings is 1. The highest BCUT2D eigenvalue weighted by Gasteiger charge is 2.42. The largest absolute Gasteiger partial charge is 0.472 e. The van der Waals surface area contributed by atoms with Gasteiger partial charge in [0.15, 0.2) is 0 Å². The topological polar surface area (TPSA) is 83.4 Å². The molecule has 6 nitrogen and oxygen atoms in total. The van der Waals surface area contributed by atoms with Crippen LogP contribution in [-0.4, -0.2) is 24.4 Å². The summed E-state index contributed by atoms with van der Waals surface area (Å²) in [5.74, 6) is 0.114. The standard InChI is InChI=1S/C21H22F3N3O3/c22-21(23,24)16-9-15(26-20(29)14-7-8-30-11-14)5-6-17(16)25-10-18(28)27-19(12-1-2-12)13-3-4-13/h5-9,11-13,19,25H,1-4,10H2,(H,26,29)(H,27,28). The Bertz CT molecular complexity index is 907. The number of alkyl halides is 3. The first kappa shape index (κ1) is 20.3. The molecule has 2 aliphatic rings. The van der Waals surface area contributed by atoms with Crippen LogP contribution in [0.1, 0.15) is 41.6 Å². The van der Waals surface area contributed by atoms with E-state index in [1.807, 2.05) is 0 Å². The molecule has 2 amide bonds. The first-order valence-electron chi connectivity index (χ1n) is 9.89. The molecule has 0 radical (unpaired) electrons. The highest BCUT2D eigenvalue weighted by molar-refractivity contribution is 6.04. The SMILES string of the molecule is O=C(CNc1ccc(NC(=O)c2ccoc2)cc1C(F)(F)F)NC(C1CC1)C1CC1. The van der Waals surface area contributed by atoms with E-state index in [4.69, 9.17) is 4.42 Å². The smallest absolute Gasteiger partial charge is 0.418 e. The lowest BCUT2D eigenvalue weighted by molar-refractivity contribution is -0.137. The summed E-state index contributed by atoms with van der Waals surface area (Å²) in [6.45, 7) is -0.250. The van der Waals surface area contributed by atoms with Crippen LogP contribution >= 0.6 is 0 Å². The van der Waals surface area contributed by atoms with Gasteiger partial charge in [0.05, 0.1) is 23.9 Å². The fourth-order valence-electron chi connectivity index (χ4n) is 3.55. The molecule has 0 unspecified atom stereocenters. The van der Waals surface area contributed by atoms with E-state index in [0.29, 0.717) is 11.8 Å². The molecule has 2 aromatic rings. The second kappa shape index (κ2) is 8.04. The van der Waals surface area contributed by atoms with Crippen LogP contribution in [-0.2, 0) is 11.0 Å². The molecule has 2 aliphatic carbocycles. The summed E-state index contributed by atoms with van der Waals surface area (Å²) in [5, 5.41) is 7.97. The predicted molar refractivity (Wildman–Crippen MR) is 104 cm³/mol. The minimum Gasteiger partial charge on any atom is -0.472 e. The van der Waals surface area contributed by atoms with Gasteiger partial charge in [-0.1, -0.05) is 0 Å². The van der Waals surface area contributed by atoms with Crippen molar-refractivity contribution in [2.24, 2.45) is 11.8 Å². The fraction of sp³-hybridized carbons (Fsp3) is 0.429. The summed E-state index contributed by atoms with van der Waals surface area (Å²) < 4.78 is 45.4. The summed E-state index contributed by atoms with van der Waals surface area (Å²) in [6.07, 6.45) is 2.23. The summed E-state index contributed by atoms with van der Waals surface area (Å²) in [7, 11) is 0. The van der Waals surface area contributed by atoms with E-state index in [-0.39, 0.29) is 35.4 Å². The monoisotopic (exact) mass is 421 g/mol. The van der Waals surface area contributed by atoms with Crippen molar-refractivity contribution < 1.29 is 27.2 Å². The van der Waals surface area contributed by atoms with E-state index in [9.17, 15) is 22.8 Å². The van der Waals surface area contributed by atoms with Crippen LogP contribution in [0.4, 0.5) is 24.5 Å². The van der Waals surface area contributed by atoms with E-state index in [1.165, 1.54) is 30.7 Å². The van der Waals surface area contributed by atoms with E-state index in [0.717, 1.165) is 31.7 Å². The summed E-state index contributed by atoms with van der Waals surface area (Å²) in [6, 6.07) is 4.95. The molecule has 3 N–H and O–H groups in total. The van der Waals surface area contributed by atoms with Gasteiger partial charge in [-0.2, -0.15) is 13.2 Å². The summed E-state index contributed by atoms with van der Waals surface area (Å²) in [5.41, 5.74) is -0.982. The van der Waals surface area contributed by atoms with Crippen LogP contribution in [0.2, 0.25) is 0 Å². The number of nitrogens with one attached hydrogen (secondary N) is 3. The molecule has 30 heavy (non-hydrogen) atoms. The van der Waals surface area contributed by atoms with Crippen molar-refractivity contribution in [2.45, 2.75) is 37.9 Å². The number of anilines is 2. The second-order valence-corrected chi connectivity index (χ2v) is 7.85. The van der Waals surface area contributed by atoms with Gasteiger partial charge >= 0.3 is 6.18 Å². The Morgan fingerprint density at radius 2 is 1.80 bits per heavy atom. The molecule has 4 rings (SSSR count). The molecular formula is C21H22F3N3O3. The number of rotatable bonds is 8. The third-order valence-corrected chi connectivity index (χ3v) is 5.39. The quantitative estimate of drug-likeness (QED) is 0.595. The zero-order valence-corrected chi connectivity index (χ0v) is 16.1. The van der Waals surface area contributed by atoms with Crippen molar-refractivity contribution >= 4 is 23.2 Å². The van der Waals surface area contributed by atoms with Gasteiger partial charge < -0.3 is 20.4 Å². The zero-order valence-electron chi connectivity index (χ0n) is 16.1. The van der Waals surface area contributed by atoms with E-state index in [1.54, 1.807) is 0 Å². The van der Waals surface area contributed by atoms with Crippen molar-refractivity contribution in [1.29, 1.82) is 0 Å². The molecule has 0 spiro atoms. The third-order valence-electron chi connectivity index (χ3n) is 5.39. The van der Waals surface area contributed by atoms with Crippen LogP contribution in [0, 0.1) is 11.8 Å². The lowest BCUT2D eigenvalue weighted by atomic mass is 10.1. The van der Waals surface area contributed by atoms with Crippen molar-refractivity contribution in [3.8, 4) is 0 Å². The van der Waals surface area contributed by atoms with Gasteiger partial charge in [0, 0.05) is 17.4 Å². The number of carbonyl (C=O) groups is 2. The Morgan fingerprint density at radius 3 is 2.37 bits per heavy atom. The molecule has 1 heterocycles. The Hall–Kier alpha value is -2.97. The molecular weight excluding hydrogens is 399 g/mol. The minimum atomic E-state index is -4.65. The van der Waals surface area contributed by atoms with Crippen LogP contribution in [0.3, 0.4) is 0 Å². The molecule has 1 aromatic heterocycles. The first-order valence-corrected chi connectivity index (χ1v) is 9.89. The molecule has 160 valence electrons. The molecule has 9 heteroatoms. The number of hydrogen-bond donors (Lipinski definition) is 3. The molecule has 0 atom stereocenters. The molecule has 0 saturated heterocycles. The lowest BCUT2D eigenvalue weighted by Gasteiger charge is -2.19. The number of hydrogen-bond acceptors (Lipinski definition) is 4. The molecule has 0 bridgehead atoms. The molecule has 2 saturated carbocycles. The van der Waals surface area contributed by atoms with E-state index < -0.39 is 17.6 Å². The van der Waals surface area contributed by atoms with Crippen molar-refractivity contribution in [3.05, 3.63) is 47.9 Å². The van der Waals surface area contributed by atoms with E-state index >= 15 is 0 Å². The third kappa shape index (κ3) is 4.95. The molecule has 0 aliphatic heterocycles. The average molecular weight is 421 g/mol. The number of carbonyl (C=O) groups excluding carboxylic acids is 2. The van der Waals surface area contributed by atoms with Crippen LogP contribution in [0.15, 0.2) is 41.2 Å². The lowest BCUT2D eigenvalue weighted by Crippen LogP contribution is -2.41. The van der Waals surface area contributed by atoms with Gasteiger partial charge in [-0.15, -0.1) is 0 Å². The maximum Gasteiger partial charge on any atom is 0.418 e. The Balaban J connectivity index is 1.41. The molecule has 2 fully saturated rings. The normalized spacial score (nSPS) is 16.4. The summed E-state index contributed by atoms with van der Waals surface area (Å²) >= 11 is 0. The van der Waals surface area contributed by atoms with Crippen LogP contribution < -0.4 is 16.0 Å². The predicted octanol–water partition coefficient (Wildman–Crippen LogP) is 4.27. The average Bonchev–Trinajstić information content (AvgIpc) is 3.63. The highest BCUT2D eigenvalue weighted by atomic mass is 19.4. The van der Waals surface area contributed by atoms with Crippen LogP contribution in [0.5, 0.6) is 0 Å². The Morgan fingerprint density at radius 1 is 1.10 bits per heavy atom. The van der Waals surface area contributed by atoms with Gasteiger partial charge in [0.2, 0.25) is 5.91 Å². The minimum absolute atomic E-state index is 0.00828. The van der Waals surface area contributed by atoms with Gasteiger partial charge in [-0.05, 0) is 61.8 Å². The number of halogens is 3. The molecule has 1 aromatic carbocycles. The number of amides is 2.